The number of hydrogen-bond donors (Lipinski definition) is 1. The molecular formula is C18H20N2. The van der Waals surface area contributed by atoms with Gasteiger partial charge in [-0.1, -0.05) is 36.4 Å². The summed E-state index contributed by atoms with van der Waals surface area (Å²) in [5.74, 6) is 0. The zero-order chi connectivity index (χ0) is 13.9. The van der Waals surface area contributed by atoms with Crippen LogP contribution in [-0.2, 0) is 6.54 Å². The Morgan fingerprint density at radius 2 is 1.65 bits per heavy atom. The second-order valence-corrected chi connectivity index (χ2v) is 5.26. The number of aromatic nitrogens is 1. The SMILES string of the molecule is Cc1ccccc1NCCn1cc(C)c2ccccc21. The van der Waals surface area contributed by atoms with Gasteiger partial charge in [-0.2, -0.15) is 0 Å². The Balaban J connectivity index is 1.73. The van der Waals surface area contributed by atoms with Crippen molar-refractivity contribution in [2.75, 3.05) is 11.9 Å². The predicted molar refractivity (Wildman–Crippen MR) is 86.3 cm³/mol. The van der Waals surface area contributed by atoms with Gasteiger partial charge in [-0.3, -0.25) is 0 Å². The van der Waals surface area contributed by atoms with Gasteiger partial charge in [-0.15, -0.1) is 0 Å². The molecule has 0 spiro atoms. The van der Waals surface area contributed by atoms with Crippen molar-refractivity contribution >= 4 is 16.6 Å². The van der Waals surface area contributed by atoms with Crippen LogP contribution in [0.15, 0.2) is 54.7 Å². The first-order chi connectivity index (χ1) is 9.75. The Morgan fingerprint density at radius 1 is 0.900 bits per heavy atom. The van der Waals surface area contributed by atoms with Crippen LogP contribution >= 0.6 is 0 Å². The third-order valence-electron chi connectivity index (χ3n) is 3.80. The summed E-state index contributed by atoms with van der Waals surface area (Å²) in [6.45, 7) is 6.22. The van der Waals surface area contributed by atoms with Crippen molar-refractivity contribution in [1.29, 1.82) is 0 Å². The first kappa shape index (κ1) is 12.8. The summed E-state index contributed by atoms with van der Waals surface area (Å²) in [7, 11) is 0. The number of para-hydroxylation sites is 2. The number of hydrogen-bond acceptors (Lipinski definition) is 1. The van der Waals surface area contributed by atoms with Crippen molar-refractivity contribution in [3.63, 3.8) is 0 Å². The number of nitrogens with zero attached hydrogens (tertiary/aromatic N) is 1. The number of rotatable bonds is 4. The number of benzene rings is 2. The molecule has 2 nitrogen and oxygen atoms in total. The van der Waals surface area contributed by atoms with E-state index in [-0.39, 0.29) is 0 Å². The fourth-order valence-corrected chi connectivity index (χ4v) is 2.70. The molecule has 1 aromatic heterocycles. The molecule has 0 unspecified atom stereocenters. The van der Waals surface area contributed by atoms with Crippen molar-refractivity contribution in [1.82, 2.24) is 4.57 Å². The van der Waals surface area contributed by atoms with E-state index in [0.29, 0.717) is 0 Å². The monoisotopic (exact) mass is 264 g/mol. The third-order valence-corrected chi connectivity index (χ3v) is 3.80. The highest BCUT2D eigenvalue weighted by atomic mass is 15.0. The molecule has 0 radical (unpaired) electrons. The summed E-state index contributed by atoms with van der Waals surface area (Å²) in [6.07, 6.45) is 2.24. The molecule has 3 rings (SSSR count). The number of anilines is 1. The average Bonchev–Trinajstić information content (AvgIpc) is 2.78. The lowest BCUT2D eigenvalue weighted by Gasteiger charge is -2.10. The third kappa shape index (κ3) is 2.42. The van der Waals surface area contributed by atoms with Crippen LogP contribution in [0.25, 0.3) is 10.9 Å². The van der Waals surface area contributed by atoms with Crippen LogP contribution in [0.4, 0.5) is 5.69 Å². The summed E-state index contributed by atoms with van der Waals surface area (Å²) >= 11 is 0. The molecule has 102 valence electrons. The summed E-state index contributed by atoms with van der Waals surface area (Å²) < 4.78 is 2.33. The van der Waals surface area contributed by atoms with Crippen LogP contribution in [0.1, 0.15) is 11.1 Å². The van der Waals surface area contributed by atoms with Gasteiger partial charge in [0.15, 0.2) is 0 Å². The molecule has 0 atom stereocenters. The minimum atomic E-state index is 0.933. The smallest absolute Gasteiger partial charge is 0.0483 e. The van der Waals surface area contributed by atoms with E-state index in [2.05, 4.69) is 78.5 Å². The minimum Gasteiger partial charge on any atom is -0.383 e. The van der Waals surface area contributed by atoms with Crippen molar-refractivity contribution in [2.24, 2.45) is 0 Å². The standard InChI is InChI=1S/C18H20N2/c1-14-7-3-5-9-17(14)19-11-12-20-13-15(2)16-8-4-6-10-18(16)20/h3-10,13,19H,11-12H2,1-2H3. The quantitative estimate of drug-likeness (QED) is 0.740. The average molecular weight is 264 g/mol. The maximum atomic E-state index is 3.51. The van der Waals surface area contributed by atoms with Gasteiger partial charge >= 0.3 is 0 Å². The van der Waals surface area contributed by atoms with Gasteiger partial charge in [0.25, 0.3) is 0 Å². The number of nitrogens with one attached hydrogen (secondary N) is 1. The van der Waals surface area contributed by atoms with Crippen LogP contribution in [-0.4, -0.2) is 11.1 Å². The molecule has 20 heavy (non-hydrogen) atoms. The van der Waals surface area contributed by atoms with Gasteiger partial charge in [0.05, 0.1) is 0 Å². The zero-order valence-electron chi connectivity index (χ0n) is 12.1. The second-order valence-electron chi connectivity index (χ2n) is 5.26. The van der Waals surface area contributed by atoms with E-state index in [0.717, 1.165) is 13.1 Å². The minimum absolute atomic E-state index is 0.933. The topological polar surface area (TPSA) is 17.0 Å². The summed E-state index contributed by atoms with van der Waals surface area (Å²) in [5, 5.41) is 4.86. The molecule has 0 saturated heterocycles. The lowest BCUT2D eigenvalue weighted by Crippen LogP contribution is -2.10. The van der Waals surface area contributed by atoms with Gasteiger partial charge in [-0.25, -0.2) is 0 Å². The van der Waals surface area contributed by atoms with E-state index in [9.17, 15) is 0 Å². The Kier molecular flexibility index (Phi) is 3.46. The van der Waals surface area contributed by atoms with E-state index in [1.807, 2.05) is 0 Å². The van der Waals surface area contributed by atoms with Gasteiger partial charge < -0.3 is 9.88 Å². The Morgan fingerprint density at radius 3 is 2.50 bits per heavy atom. The van der Waals surface area contributed by atoms with Gasteiger partial charge in [-0.05, 0) is 37.1 Å². The Bertz CT molecular complexity index is 725. The molecule has 0 amide bonds. The lowest BCUT2D eigenvalue weighted by molar-refractivity contribution is 0.755. The van der Waals surface area contributed by atoms with Crippen LogP contribution in [0.2, 0.25) is 0 Å². The normalized spacial score (nSPS) is 10.9. The lowest BCUT2D eigenvalue weighted by atomic mass is 10.2. The van der Waals surface area contributed by atoms with Crippen molar-refractivity contribution in [3.8, 4) is 0 Å². The van der Waals surface area contributed by atoms with Crippen LogP contribution in [0.5, 0.6) is 0 Å². The van der Waals surface area contributed by atoms with E-state index in [4.69, 9.17) is 0 Å². The first-order valence-corrected chi connectivity index (χ1v) is 7.09. The van der Waals surface area contributed by atoms with Gasteiger partial charge in [0.1, 0.15) is 0 Å². The van der Waals surface area contributed by atoms with E-state index in [1.54, 1.807) is 0 Å². The molecule has 0 aliphatic heterocycles. The molecule has 0 fully saturated rings. The van der Waals surface area contributed by atoms with Crippen LogP contribution < -0.4 is 5.32 Å². The molecule has 0 aliphatic rings. The van der Waals surface area contributed by atoms with E-state index >= 15 is 0 Å². The van der Waals surface area contributed by atoms with E-state index in [1.165, 1.54) is 27.7 Å². The highest BCUT2D eigenvalue weighted by Gasteiger charge is 2.04. The highest BCUT2D eigenvalue weighted by molar-refractivity contribution is 5.83. The molecule has 1 heterocycles. The van der Waals surface area contributed by atoms with Crippen molar-refractivity contribution < 1.29 is 0 Å². The maximum Gasteiger partial charge on any atom is 0.0483 e. The number of fused-ring (bicyclic) bond motifs is 1. The summed E-state index contributed by atoms with van der Waals surface area (Å²) in [4.78, 5) is 0. The zero-order valence-corrected chi connectivity index (χ0v) is 12.1. The fourth-order valence-electron chi connectivity index (χ4n) is 2.70. The second kappa shape index (κ2) is 5.41. The molecule has 3 aromatic rings. The molecule has 0 bridgehead atoms. The number of aryl methyl sites for hydroxylation is 2. The summed E-state index contributed by atoms with van der Waals surface area (Å²) in [6, 6.07) is 17.0. The first-order valence-electron chi connectivity index (χ1n) is 7.09. The van der Waals surface area contributed by atoms with E-state index < -0.39 is 0 Å². The molecule has 2 heteroatoms. The predicted octanol–water partition coefficient (Wildman–Crippen LogP) is 4.37. The fraction of sp³-hybridized carbons (Fsp3) is 0.222. The molecule has 1 N–H and O–H groups in total. The maximum absolute atomic E-state index is 3.51. The Hall–Kier alpha value is -2.22. The van der Waals surface area contributed by atoms with Gasteiger partial charge in [0, 0.05) is 35.9 Å². The van der Waals surface area contributed by atoms with Crippen molar-refractivity contribution in [2.45, 2.75) is 20.4 Å². The molecular weight excluding hydrogens is 244 g/mol. The molecule has 0 aliphatic carbocycles. The van der Waals surface area contributed by atoms with Crippen molar-refractivity contribution in [3.05, 3.63) is 65.9 Å². The van der Waals surface area contributed by atoms with Crippen LogP contribution in [0.3, 0.4) is 0 Å². The highest BCUT2D eigenvalue weighted by Crippen LogP contribution is 2.20. The molecule has 0 saturated carbocycles. The van der Waals surface area contributed by atoms with Crippen LogP contribution in [0, 0.1) is 13.8 Å². The molecule has 2 aromatic carbocycles. The largest absolute Gasteiger partial charge is 0.383 e. The van der Waals surface area contributed by atoms with Gasteiger partial charge in [0.2, 0.25) is 0 Å². The Labute approximate surface area is 120 Å². The summed E-state index contributed by atoms with van der Waals surface area (Å²) in [5.41, 5.74) is 5.18.